The van der Waals surface area contributed by atoms with Gasteiger partial charge in [-0.15, -0.1) is 6.42 Å². The van der Waals surface area contributed by atoms with Crippen LogP contribution in [0.2, 0.25) is 0 Å². The molecular weight excluding hydrogens is 204 g/mol. The standard InChI is InChI=1S/C12H20N2O2/c1-3-8-14-12(15)9(2)16-11-6-4-10(13)5-7-11/h1,9-11H,4-8,13H2,2H3,(H,14,15). The highest BCUT2D eigenvalue weighted by Crippen LogP contribution is 2.20. The second-order valence-corrected chi connectivity index (χ2v) is 4.24. The van der Waals surface area contributed by atoms with Gasteiger partial charge in [-0.1, -0.05) is 5.92 Å². The van der Waals surface area contributed by atoms with Crippen LogP contribution >= 0.6 is 0 Å². The van der Waals surface area contributed by atoms with Crippen molar-refractivity contribution in [2.24, 2.45) is 5.73 Å². The summed E-state index contributed by atoms with van der Waals surface area (Å²) >= 11 is 0. The van der Waals surface area contributed by atoms with Crippen molar-refractivity contribution in [2.75, 3.05) is 6.54 Å². The van der Waals surface area contributed by atoms with Crippen LogP contribution in [0.4, 0.5) is 0 Å². The van der Waals surface area contributed by atoms with Gasteiger partial charge in [-0.2, -0.15) is 0 Å². The zero-order valence-electron chi connectivity index (χ0n) is 9.74. The summed E-state index contributed by atoms with van der Waals surface area (Å²) in [5.74, 6) is 2.21. The zero-order chi connectivity index (χ0) is 12.0. The molecule has 0 aromatic rings. The molecule has 1 aliphatic rings. The molecule has 16 heavy (non-hydrogen) atoms. The minimum absolute atomic E-state index is 0.146. The topological polar surface area (TPSA) is 64.3 Å². The van der Waals surface area contributed by atoms with Gasteiger partial charge < -0.3 is 15.8 Å². The predicted octanol–water partition coefficient (Wildman–Crippen LogP) is 0.411. The van der Waals surface area contributed by atoms with Gasteiger partial charge in [0, 0.05) is 6.04 Å². The van der Waals surface area contributed by atoms with Crippen LogP contribution in [0.15, 0.2) is 0 Å². The van der Waals surface area contributed by atoms with Gasteiger partial charge >= 0.3 is 0 Å². The predicted molar refractivity (Wildman–Crippen MR) is 62.6 cm³/mol. The molecule has 0 bridgehead atoms. The average Bonchev–Trinajstić information content (AvgIpc) is 2.29. The summed E-state index contributed by atoms with van der Waals surface area (Å²) in [6.45, 7) is 2.00. The Bertz CT molecular complexity index is 265. The van der Waals surface area contributed by atoms with Crippen molar-refractivity contribution < 1.29 is 9.53 Å². The molecular formula is C12H20N2O2. The third kappa shape index (κ3) is 4.21. The van der Waals surface area contributed by atoms with E-state index < -0.39 is 6.10 Å². The van der Waals surface area contributed by atoms with E-state index in [4.69, 9.17) is 16.9 Å². The van der Waals surface area contributed by atoms with Gasteiger partial charge in [0.1, 0.15) is 6.10 Å². The Morgan fingerprint density at radius 1 is 1.56 bits per heavy atom. The quantitative estimate of drug-likeness (QED) is 0.680. The van der Waals surface area contributed by atoms with Crippen molar-refractivity contribution in [2.45, 2.75) is 50.9 Å². The molecule has 0 spiro atoms. The molecule has 90 valence electrons. The number of ether oxygens (including phenoxy) is 1. The van der Waals surface area contributed by atoms with Crippen molar-refractivity contribution in [3.05, 3.63) is 0 Å². The number of hydrogen-bond donors (Lipinski definition) is 2. The van der Waals surface area contributed by atoms with Crippen LogP contribution in [0.3, 0.4) is 0 Å². The Kier molecular flexibility index (Phi) is 5.30. The van der Waals surface area contributed by atoms with Crippen molar-refractivity contribution in [1.82, 2.24) is 5.32 Å². The monoisotopic (exact) mass is 224 g/mol. The molecule has 0 heterocycles. The average molecular weight is 224 g/mol. The van der Waals surface area contributed by atoms with Crippen LogP contribution in [-0.2, 0) is 9.53 Å². The molecule has 4 nitrogen and oxygen atoms in total. The maximum atomic E-state index is 11.5. The van der Waals surface area contributed by atoms with Crippen molar-refractivity contribution >= 4 is 5.91 Å². The Balaban J connectivity index is 2.25. The zero-order valence-corrected chi connectivity index (χ0v) is 9.74. The molecule has 0 aliphatic heterocycles. The van der Waals surface area contributed by atoms with Gasteiger partial charge in [-0.25, -0.2) is 0 Å². The summed E-state index contributed by atoms with van der Waals surface area (Å²) in [5, 5.41) is 2.61. The first-order chi connectivity index (χ1) is 7.63. The number of amides is 1. The number of rotatable bonds is 4. The van der Waals surface area contributed by atoms with Gasteiger partial charge in [0.2, 0.25) is 5.91 Å². The smallest absolute Gasteiger partial charge is 0.249 e. The summed E-state index contributed by atoms with van der Waals surface area (Å²) in [6.07, 6.45) is 8.61. The number of terminal acetylenes is 1. The van der Waals surface area contributed by atoms with E-state index in [1.807, 2.05) is 0 Å². The van der Waals surface area contributed by atoms with E-state index >= 15 is 0 Å². The number of nitrogens with one attached hydrogen (secondary N) is 1. The first kappa shape index (κ1) is 13.0. The summed E-state index contributed by atoms with van der Waals surface area (Å²) in [7, 11) is 0. The Labute approximate surface area is 96.9 Å². The van der Waals surface area contributed by atoms with E-state index in [1.54, 1.807) is 6.92 Å². The largest absolute Gasteiger partial charge is 0.365 e. The van der Waals surface area contributed by atoms with Gasteiger partial charge in [-0.05, 0) is 32.6 Å². The van der Waals surface area contributed by atoms with E-state index in [2.05, 4.69) is 11.2 Å². The molecule has 1 amide bonds. The van der Waals surface area contributed by atoms with E-state index in [0.717, 1.165) is 25.7 Å². The lowest BCUT2D eigenvalue weighted by atomic mass is 9.93. The van der Waals surface area contributed by atoms with E-state index in [0.29, 0.717) is 6.04 Å². The summed E-state index contributed by atoms with van der Waals surface area (Å²) in [5.41, 5.74) is 5.80. The third-order valence-corrected chi connectivity index (χ3v) is 2.85. The van der Waals surface area contributed by atoms with E-state index in [1.165, 1.54) is 0 Å². The fourth-order valence-electron chi connectivity index (χ4n) is 1.86. The normalized spacial score (nSPS) is 26.8. The third-order valence-electron chi connectivity index (χ3n) is 2.85. The number of carbonyl (C=O) groups is 1. The van der Waals surface area contributed by atoms with Crippen LogP contribution in [0.1, 0.15) is 32.6 Å². The van der Waals surface area contributed by atoms with Crippen molar-refractivity contribution in [1.29, 1.82) is 0 Å². The van der Waals surface area contributed by atoms with E-state index in [9.17, 15) is 4.79 Å². The molecule has 1 atom stereocenters. The van der Waals surface area contributed by atoms with Crippen molar-refractivity contribution in [3.63, 3.8) is 0 Å². The molecule has 4 heteroatoms. The van der Waals surface area contributed by atoms with Crippen LogP contribution in [-0.4, -0.2) is 30.7 Å². The minimum atomic E-state index is -0.437. The summed E-state index contributed by atoms with van der Waals surface area (Å²) in [6, 6.07) is 0.297. The highest BCUT2D eigenvalue weighted by Gasteiger charge is 2.23. The van der Waals surface area contributed by atoms with Gasteiger partial charge in [-0.3, -0.25) is 4.79 Å². The first-order valence-electron chi connectivity index (χ1n) is 5.75. The fourth-order valence-corrected chi connectivity index (χ4v) is 1.86. The second kappa shape index (κ2) is 6.51. The summed E-state index contributed by atoms with van der Waals surface area (Å²) < 4.78 is 5.66. The minimum Gasteiger partial charge on any atom is -0.365 e. The first-order valence-corrected chi connectivity index (χ1v) is 5.75. The molecule has 1 saturated carbocycles. The lowest BCUT2D eigenvalue weighted by Gasteiger charge is -2.28. The highest BCUT2D eigenvalue weighted by molar-refractivity contribution is 5.80. The lowest BCUT2D eigenvalue weighted by molar-refractivity contribution is -0.136. The van der Waals surface area contributed by atoms with Gasteiger partial charge in [0.05, 0.1) is 12.6 Å². The molecule has 0 radical (unpaired) electrons. The Hall–Kier alpha value is -1.05. The van der Waals surface area contributed by atoms with Crippen molar-refractivity contribution in [3.8, 4) is 12.3 Å². The van der Waals surface area contributed by atoms with E-state index in [-0.39, 0.29) is 18.6 Å². The van der Waals surface area contributed by atoms with Crippen LogP contribution in [0.5, 0.6) is 0 Å². The molecule has 0 saturated heterocycles. The SMILES string of the molecule is C#CCNC(=O)C(C)OC1CCC(N)CC1. The Morgan fingerprint density at radius 2 is 2.19 bits per heavy atom. The van der Waals surface area contributed by atoms with Crippen LogP contribution in [0, 0.1) is 12.3 Å². The second-order valence-electron chi connectivity index (χ2n) is 4.24. The maximum Gasteiger partial charge on any atom is 0.249 e. The molecule has 1 rings (SSSR count). The van der Waals surface area contributed by atoms with Gasteiger partial charge in [0.25, 0.3) is 0 Å². The molecule has 0 aromatic carbocycles. The molecule has 1 aliphatic carbocycles. The molecule has 1 unspecified atom stereocenters. The highest BCUT2D eigenvalue weighted by atomic mass is 16.5. The lowest BCUT2D eigenvalue weighted by Crippen LogP contribution is -2.39. The molecule has 0 aromatic heterocycles. The maximum absolute atomic E-state index is 11.5. The molecule has 3 N–H and O–H groups in total. The summed E-state index contributed by atoms with van der Waals surface area (Å²) in [4.78, 5) is 11.5. The van der Waals surface area contributed by atoms with Crippen LogP contribution in [0.25, 0.3) is 0 Å². The van der Waals surface area contributed by atoms with Gasteiger partial charge in [0.15, 0.2) is 0 Å². The number of nitrogens with two attached hydrogens (primary N) is 1. The Morgan fingerprint density at radius 3 is 2.75 bits per heavy atom. The number of carbonyl (C=O) groups excluding carboxylic acids is 1. The molecule has 1 fully saturated rings. The number of hydrogen-bond acceptors (Lipinski definition) is 3. The van der Waals surface area contributed by atoms with Crippen LogP contribution < -0.4 is 11.1 Å². The fraction of sp³-hybridized carbons (Fsp3) is 0.750.